The Balaban J connectivity index is 1.82. The van der Waals surface area contributed by atoms with Crippen molar-refractivity contribution in [3.05, 3.63) is 72.4 Å². The number of ether oxygens (including phenoxy) is 2. The topological polar surface area (TPSA) is 66.5 Å². The molecular formula is C21H18N2O4. The molecule has 0 aliphatic rings. The zero-order valence-corrected chi connectivity index (χ0v) is 15.0. The van der Waals surface area contributed by atoms with Crippen molar-refractivity contribution in [2.45, 2.75) is 6.54 Å². The summed E-state index contributed by atoms with van der Waals surface area (Å²) in [6.07, 6.45) is 3.36. The zero-order valence-electron chi connectivity index (χ0n) is 15.0. The molecule has 3 heterocycles. The second kappa shape index (κ2) is 6.99. The first-order valence-corrected chi connectivity index (χ1v) is 8.43. The molecule has 1 aromatic carbocycles. The number of fused-ring (bicyclic) bond motifs is 1. The lowest BCUT2D eigenvalue weighted by Gasteiger charge is -2.10. The maximum atomic E-state index is 11.8. The molecule has 0 radical (unpaired) electrons. The summed E-state index contributed by atoms with van der Waals surface area (Å²) >= 11 is 0. The predicted molar refractivity (Wildman–Crippen MR) is 101 cm³/mol. The average Bonchev–Trinajstić information content (AvgIpc) is 3.35. The number of methoxy groups -OCH3 is 2. The van der Waals surface area contributed by atoms with E-state index in [1.54, 1.807) is 31.8 Å². The van der Waals surface area contributed by atoms with Crippen molar-refractivity contribution in [1.82, 2.24) is 9.55 Å². The Morgan fingerprint density at radius 2 is 2.04 bits per heavy atom. The zero-order chi connectivity index (χ0) is 18.8. The van der Waals surface area contributed by atoms with Crippen LogP contribution in [0.1, 0.15) is 16.2 Å². The number of rotatable bonds is 5. The first-order valence-electron chi connectivity index (χ1n) is 8.43. The quantitative estimate of drug-likeness (QED) is 0.499. The molecule has 0 fully saturated rings. The van der Waals surface area contributed by atoms with Crippen LogP contribution in [0.2, 0.25) is 0 Å². The summed E-state index contributed by atoms with van der Waals surface area (Å²) in [5.41, 5.74) is 4.05. The summed E-state index contributed by atoms with van der Waals surface area (Å²) in [7, 11) is 3.00. The van der Waals surface area contributed by atoms with Crippen LogP contribution in [0, 0.1) is 0 Å². The number of nitrogens with zero attached hydrogens (tertiary/aromatic N) is 2. The van der Waals surface area contributed by atoms with E-state index in [9.17, 15) is 4.79 Å². The van der Waals surface area contributed by atoms with E-state index >= 15 is 0 Å². The largest absolute Gasteiger partial charge is 0.497 e. The Morgan fingerprint density at radius 1 is 1.15 bits per heavy atom. The molecule has 0 atom stereocenters. The van der Waals surface area contributed by atoms with Crippen LogP contribution in [0.5, 0.6) is 5.75 Å². The summed E-state index contributed by atoms with van der Waals surface area (Å²) < 4.78 is 17.5. The minimum absolute atomic E-state index is 0.290. The van der Waals surface area contributed by atoms with Crippen LogP contribution in [0.25, 0.3) is 22.2 Å². The third-order valence-corrected chi connectivity index (χ3v) is 4.45. The van der Waals surface area contributed by atoms with Gasteiger partial charge in [-0.15, -0.1) is 0 Å². The molecule has 0 aliphatic heterocycles. The molecule has 4 rings (SSSR count). The van der Waals surface area contributed by atoms with Gasteiger partial charge in [0.05, 0.1) is 44.7 Å². The summed E-state index contributed by atoms with van der Waals surface area (Å²) in [6.45, 7) is 0.501. The summed E-state index contributed by atoms with van der Waals surface area (Å²) in [5.74, 6) is 0.346. The first kappa shape index (κ1) is 16.9. The van der Waals surface area contributed by atoms with Gasteiger partial charge in [0.1, 0.15) is 11.4 Å². The lowest BCUT2D eigenvalue weighted by molar-refractivity contribution is 0.0593. The van der Waals surface area contributed by atoms with Gasteiger partial charge in [-0.3, -0.25) is 0 Å². The van der Waals surface area contributed by atoms with E-state index in [0.29, 0.717) is 6.54 Å². The molecule has 3 aromatic heterocycles. The van der Waals surface area contributed by atoms with Crippen molar-refractivity contribution in [3.8, 4) is 17.0 Å². The van der Waals surface area contributed by atoms with Gasteiger partial charge in [-0.05, 0) is 42.5 Å². The molecular weight excluding hydrogens is 344 g/mol. The van der Waals surface area contributed by atoms with Gasteiger partial charge in [0.15, 0.2) is 0 Å². The van der Waals surface area contributed by atoms with Gasteiger partial charge in [-0.1, -0.05) is 6.07 Å². The molecule has 0 bridgehead atoms. The number of carbonyl (C=O) groups is 1. The van der Waals surface area contributed by atoms with E-state index < -0.39 is 5.97 Å². The molecule has 0 spiro atoms. The minimum Gasteiger partial charge on any atom is -0.497 e. The number of pyridine rings is 1. The third-order valence-electron chi connectivity index (χ3n) is 4.45. The predicted octanol–water partition coefficient (Wildman–Crippen LogP) is 4.14. The lowest BCUT2D eigenvalue weighted by atomic mass is 10.2. The molecule has 0 aliphatic carbocycles. The van der Waals surface area contributed by atoms with E-state index in [1.807, 2.05) is 30.3 Å². The first-order chi connectivity index (χ1) is 13.2. The number of esters is 1. The Kier molecular flexibility index (Phi) is 4.38. The molecule has 6 heteroatoms. The van der Waals surface area contributed by atoms with E-state index in [1.165, 1.54) is 7.11 Å². The molecule has 0 amide bonds. The molecule has 0 saturated heterocycles. The summed E-state index contributed by atoms with van der Waals surface area (Å²) in [5, 5.41) is 1.05. The van der Waals surface area contributed by atoms with Gasteiger partial charge >= 0.3 is 5.97 Å². The Morgan fingerprint density at radius 3 is 2.78 bits per heavy atom. The van der Waals surface area contributed by atoms with Crippen molar-refractivity contribution in [2.75, 3.05) is 14.2 Å². The van der Waals surface area contributed by atoms with Crippen LogP contribution in [0.15, 0.2) is 65.5 Å². The molecule has 6 nitrogen and oxygen atoms in total. The lowest BCUT2D eigenvalue weighted by Crippen LogP contribution is -2.08. The van der Waals surface area contributed by atoms with Crippen molar-refractivity contribution in [3.63, 3.8) is 0 Å². The molecule has 27 heavy (non-hydrogen) atoms. The fourth-order valence-electron chi connectivity index (χ4n) is 3.14. The van der Waals surface area contributed by atoms with Gasteiger partial charge in [-0.25, -0.2) is 9.78 Å². The van der Waals surface area contributed by atoms with Crippen LogP contribution in [0.4, 0.5) is 0 Å². The number of hydrogen-bond donors (Lipinski definition) is 0. The van der Waals surface area contributed by atoms with Crippen LogP contribution in [-0.4, -0.2) is 29.7 Å². The fourth-order valence-corrected chi connectivity index (χ4v) is 3.14. The third kappa shape index (κ3) is 3.17. The summed E-state index contributed by atoms with van der Waals surface area (Å²) in [6, 6.07) is 15.3. The molecule has 0 unspecified atom stereocenters. The van der Waals surface area contributed by atoms with Crippen molar-refractivity contribution >= 4 is 16.9 Å². The number of benzene rings is 1. The molecule has 4 aromatic rings. The van der Waals surface area contributed by atoms with Gasteiger partial charge < -0.3 is 18.5 Å². The van der Waals surface area contributed by atoms with Crippen molar-refractivity contribution in [2.24, 2.45) is 0 Å². The van der Waals surface area contributed by atoms with Crippen molar-refractivity contribution < 1.29 is 18.7 Å². The van der Waals surface area contributed by atoms with E-state index in [-0.39, 0.29) is 5.69 Å². The number of hydrogen-bond acceptors (Lipinski definition) is 5. The summed E-state index contributed by atoms with van der Waals surface area (Å²) in [4.78, 5) is 16.2. The van der Waals surface area contributed by atoms with Crippen LogP contribution >= 0.6 is 0 Å². The highest BCUT2D eigenvalue weighted by Crippen LogP contribution is 2.31. The van der Waals surface area contributed by atoms with Gasteiger partial charge in [0.2, 0.25) is 0 Å². The highest BCUT2D eigenvalue weighted by atomic mass is 16.5. The van der Waals surface area contributed by atoms with Gasteiger partial charge in [-0.2, -0.15) is 0 Å². The molecule has 0 N–H and O–H groups in total. The van der Waals surface area contributed by atoms with Crippen LogP contribution in [0.3, 0.4) is 0 Å². The maximum absolute atomic E-state index is 11.8. The average molecular weight is 362 g/mol. The van der Waals surface area contributed by atoms with Gasteiger partial charge in [0.25, 0.3) is 0 Å². The van der Waals surface area contributed by atoms with Crippen LogP contribution in [-0.2, 0) is 11.3 Å². The SMILES string of the molecule is COC(=O)c1cccc(Cn2c(-c3ccoc3)cc3cc(OC)ccc32)n1. The molecule has 0 saturated carbocycles. The minimum atomic E-state index is -0.450. The smallest absolute Gasteiger partial charge is 0.356 e. The van der Waals surface area contributed by atoms with Gasteiger partial charge in [0, 0.05) is 16.5 Å². The Hall–Kier alpha value is -3.54. The maximum Gasteiger partial charge on any atom is 0.356 e. The van der Waals surface area contributed by atoms with E-state index in [0.717, 1.165) is 33.6 Å². The van der Waals surface area contributed by atoms with E-state index in [2.05, 4.69) is 15.6 Å². The van der Waals surface area contributed by atoms with E-state index in [4.69, 9.17) is 13.9 Å². The Labute approximate surface area is 156 Å². The normalized spacial score (nSPS) is 10.9. The number of carbonyl (C=O) groups excluding carboxylic acids is 1. The number of furan rings is 1. The Bertz CT molecular complexity index is 1100. The fraction of sp³-hybridized carbons (Fsp3) is 0.143. The highest BCUT2D eigenvalue weighted by Gasteiger charge is 2.14. The monoisotopic (exact) mass is 362 g/mol. The molecule has 136 valence electrons. The second-order valence-electron chi connectivity index (χ2n) is 6.06. The second-order valence-corrected chi connectivity index (χ2v) is 6.06. The standard InChI is InChI=1S/C21H18N2O4/c1-25-17-6-7-19-15(10-17)11-20(14-8-9-27-13-14)23(19)12-16-4-3-5-18(22-16)21(24)26-2/h3-11,13H,12H2,1-2H3. The number of aromatic nitrogens is 2. The highest BCUT2D eigenvalue weighted by molar-refractivity contribution is 5.88. The van der Waals surface area contributed by atoms with Crippen molar-refractivity contribution in [1.29, 1.82) is 0 Å². The van der Waals surface area contributed by atoms with Crippen LogP contribution < -0.4 is 4.74 Å².